The van der Waals surface area contributed by atoms with Crippen molar-refractivity contribution >= 4 is 0 Å². The molecule has 1 unspecified atom stereocenters. The van der Waals surface area contributed by atoms with E-state index in [0.717, 1.165) is 25.9 Å². The minimum atomic E-state index is 0.396. The topological polar surface area (TPSA) is 21.3 Å². The van der Waals surface area contributed by atoms with Gasteiger partial charge in [-0.25, -0.2) is 0 Å². The maximum absolute atomic E-state index is 5.49. The Bertz CT molecular complexity index is 245. The van der Waals surface area contributed by atoms with Crippen LogP contribution in [0, 0.1) is 0 Å². The third-order valence-electron chi connectivity index (χ3n) is 3.15. The molecule has 2 rings (SSSR count). The molecule has 0 saturated heterocycles. The van der Waals surface area contributed by atoms with Gasteiger partial charge in [0, 0.05) is 6.54 Å². The molecular formula is C13H21NO. The Morgan fingerprint density at radius 2 is 2.40 bits per heavy atom. The molecule has 0 fully saturated rings. The molecule has 0 radical (unpaired) electrons. The van der Waals surface area contributed by atoms with Gasteiger partial charge < -0.3 is 10.1 Å². The molecule has 1 N–H and O–H groups in total. The van der Waals surface area contributed by atoms with Crippen molar-refractivity contribution < 1.29 is 4.74 Å². The molecule has 0 aromatic carbocycles. The van der Waals surface area contributed by atoms with E-state index in [-0.39, 0.29) is 0 Å². The molecule has 2 heteroatoms. The molecule has 0 aromatic heterocycles. The number of hydrogen-bond acceptors (Lipinski definition) is 2. The van der Waals surface area contributed by atoms with Crippen molar-refractivity contribution in [2.45, 2.75) is 44.6 Å². The number of ether oxygens (including phenoxy) is 1. The van der Waals surface area contributed by atoms with Crippen LogP contribution >= 0.6 is 0 Å². The van der Waals surface area contributed by atoms with E-state index in [2.05, 4.69) is 17.5 Å². The van der Waals surface area contributed by atoms with Gasteiger partial charge in [0.2, 0.25) is 0 Å². The Balaban J connectivity index is 1.52. The fourth-order valence-electron chi connectivity index (χ4n) is 2.21. The summed E-state index contributed by atoms with van der Waals surface area (Å²) in [6.45, 7) is 2.10. The highest BCUT2D eigenvalue weighted by atomic mass is 16.5. The van der Waals surface area contributed by atoms with E-state index in [4.69, 9.17) is 4.74 Å². The molecule has 1 aliphatic heterocycles. The van der Waals surface area contributed by atoms with E-state index >= 15 is 0 Å². The monoisotopic (exact) mass is 207 g/mol. The van der Waals surface area contributed by atoms with E-state index < -0.39 is 0 Å². The van der Waals surface area contributed by atoms with Crippen molar-refractivity contribution in [1.29, 1.82) is 0 Å². The normalized spacial score (nSPS) is 25.1. The van der Waals surface area contributed by atoms with Crippen LogP contribution in [0.1, 0.15) is 38.5 Å². The molecule has 0 aromatic rings. The van der Waals surface area contributed by atoms with Gasteiger partial charge in [-0.2, -0.15) is 0 Å². The van der Waals surface area contributed by atoms with Crippen LogP contribution in [-0.2, 0) is 4.74 Å². The Labute approximate surface area is 92.4 Å². The van der Waals surface area contributed by atoms with Gasteiger partial charge in [0.15, 0.2) is 0 Å². The van der Waals surface area contributed by atoms with E-state index in [0.29, 0.717) is 6.10 Å². The van der Waals surface area contributed by atoms with Crippen LogP contribution < -0.4 is 5.32 Å². The Hall–Kier alpha value is -0.760. The summed E-state index contributed by atoms with van der Waals surface area (Å²) in [6.07, 6.45) is 14.3. The second-order valence-electron chi connectivity index (χ2n) is 4.42. The lowest BCUT2D eigenvalue weighted by Crippen LogP contribution is -2.29. The van der Waals surface area contributed by atoms with Crippen LogP contribution in [0.2, 0.25) is 0 Å². The van der Waals surface area contributed by atoms with Crippen molar-refractivity contribution in [1.82, 2.24) is 5.32 Å². The van der Waals surface area contributed by atoms with Crippen molar-refractivity contribution in [3.05, 3.63) is 24.0 Å². The molecule has 1 aliphatic carbocycles. The molecule has 15 heavy (non-hydrogen) atoms. The average molecular weight is 207 g/mol. The highest BCUT2D eigenvalue weighted by Crippen LogP contribution is 2.19. The zero-order valence-corrected chi connectivity index (χ0v) is 9.37. The predicted octanol–water partition coefficient (Wildman–Crippen LogP) is 2.77. The van der Waals surface area contributed by atoms with Crippen molar-refractivity contribution in [3.8, 4) is 0 Å². The lowest BCUT2D eigenvalue weighted by Gasteiger charge is -2.19. The molecule has 0 saturated carbocycles. The van der Waals surface area contributed by atoms with E-state index in [1.807, 2.05) is 6.26 Å². The van der Waals surface area contributed by atoms with Crippen molar-refractivity contribution in [2.75, 3.05) is 13.1 Å². The first-order valence-electron chi connectivity index (χ1n) is 6.14. The maximum atomic E-state index is 5.49. The van der Waals surface area contributed by atoms with E-state index in [1.165, 1.54) is 25.7 Å². The summed E-state index contributed by atoms with van der Waals surface area (Å²) in [4.78, 5) is 0. The standard InChI is InChI=1S/C13H21NO/c1-2-6-12(5-1)8-9-14-11-13-7-3-4-10-15-13/h4-5,10,13-14H,1-3,6-9,11H2. The zero-order valence-electron chi connectivity index (χ0n) is 9.37. The average Bonchev–Trinajstić information content (AvgIpc) is 2.79. The summed E-state index contributed by atoms with van der Waals surface area (Å²) < 4.78 is 5.49. The second-order valence-corrected chi connectivity index (χ2v) is 4.42. The third kappa shape index (κ3) is 3.71. The van der Waals surface area contributed by atoms with E-state index in [9.17, 15) is 0 Å². The summed E-state index contributed by atoms with van der Waals surface area (Å²) >= 11 is 0. The minimum absolute atomic E-state index is 0.396. The number of allylic oxidation sites excluding steroid dienone is 2. The molecular weight excluding hydrogens is 186 g/mol. The fraction of sp³-hybridized carbons (Fsp3) is 0.692. The van der Waals surface area contributed by atoms with Crippen LogP contribution in [0.15, 0.2) is 24.0 Å². The molecule has 0 spiro atoms. The largest absolute Gasteiger partial charge is 0.497 e. The first-order valence-corrected chi connectivity index (χ1v) is 6.14. The molecule has 2 nitrogen and oxygen atoms in total. The fourth-order valence-corrected chi connectivity index (χ4v) is 2.21. The smallest absolute Gasteiger partial charge is 0.110 e. The Morgan fingerprint density at radius 3 is 3.13 bits per heavy atom. The van der Waals surface area contributed by atoms with Gasteiger partial charge in [-0.1, -0.05) is 11.6 Å². The van der Waals surface area contributed by atoms with Gasteiger partial charge >= 0.3 is 0 Å². The lowest BCUT2D eigenvalue weighted by molar-refractivity contribution is 0.122. The van der Waals surface area contributed by atoms with Gasteiger partial charge in [-0.05, 0) is 51.1 Å². The number of hydrogen-bond donors (Lipinski definition) is 1. The van der Waals surface area contributed by atoms with Gasteiger partial charge in [0.05, 0.1) is 6.26 Å². The van der Waals surface area contributed by atoms with Crippen LogP contribution in [-0.4, -0.2) is 19.2 Å². The third-order valence-corrected chi connectivity index (χ3v) is 3.15. The maximum Gasteiger partial charge on any atom is 0.110 e. The van der Waals surface area contributed by atoms with Crippen LogP contribution in [0.5, 0.6) is 0 Å². The highest BCUT2D eigenvalue weighted by molar-refractivity contribution is 5.07. The quantitative estimate of drug-likeness (QED) is 0.553. The summed E-state index contributed by atoms with van der Waals surface area (Å²) in [5.41, 5.74) is 1.65. The second kappa shape index (κ2) is 5.96. The zero-order chi connectivity index (χ0) is 10.3. The van der Waals surface area contributed by atoms with Crippen LogP contribution in [0.25, 0.3) is 0 Å². The molecule has 1 atom stereocenters. The highest BCUT2D eigenvalue weighted by Gasteiger charge is 2.10. The minimum Gasteiger partial charge on any atom is -0.497 e. The summed E-state index contributed by atoms with van der Waals surface area (Å²) in [5.74, 6) is 0. The van der Waals surface area contributed by atoms with Gasteiger partial charge in [0.25, 0.3) is 0 Å². The van der Waals surface area contributed by atoms with Crippen LogP contribution in [0.3, 0.4) is 0 Å². The molecule has 2 aliphatic rings. The van der Waals surface area contributed by atoms with Crippen molar-refractivity contribution in [3.63, 3.8) is 0 Å². The predicted molar refractivity (Wildman–Crippen MR) is 62.7 cm³/mol. The van der Waals surface area contributed by atoms with E-state index in [1.54, 1.807) is 5.57 Å². The van der Waals surface area contributed by atoms with Crippen LogP contribution in [0.4, 0.5) is 0 Å². The summed E-state index contributed by atoms with van der Waals surface area (Å²) in [7, 11) is 0. The number of nitrogens with one attached hydrogen (secondary N) is 1. The molecule has 84 valence electrons. The molecule has 0 bridgehead atoms. The molecule has 1 heterocycles. The summed E-state index contributed by atoms with van der Waals surface area (Å²) in [5, 5.41) is 3.48. The first kappa shape index (κ1) is 10.7. The lowest BCUT2D eigenvalue weighted by atomic mass is 10.1. The Morgan fingerprint density at radius 1 is 1.40 bits per heavy atom. The Kier molecular flexibility index (Phi) is 4.27. The van der Waals surface area contributed by atoms with Gasteiger partial charge in [-0.15, -0.1) is 0 Å². The van der Waals surface area contributed by atoms with Gasteiger partial charge in [-0.3, -0.25) is 0 Å². The number of rotatable bonds is 5. The van der Waals surface area contributed by atoms with Crippen molar-refractivity contribution in [2.24, 2.45) is 0 Å². The van der Waals surface area contributed by atoms with Gasteiger partial charge in [0.1, 0.15) is 6.10 Å². The SMILES string of the molecule is C1=COC(CNCCC2=CCCC2)CC1. The molecule has 0 amide bonds. The first-order chi connectivity index (χ1) is 7.45. The summed E-state index contributed by atoms with van der Waals surface area (Å²) in [6, 6.07) is 0.